The lowest BCUT2D eigenvalue weighted by molar-refractivity contribution is 0.172. The quantitative estimate of drug-likeness (QED) is 0.450. The zero-order valence-electron chi connectivity index (χ0n) is 19.2. The predicted octanol–water partition coefficient (Wildman–Crippen LogP) is 2.92. The first-order valence-electron chi connectivity index (χ1n) is 11.1. The number of nitrogens with zero attached hydrogens (tertiary/aromatic N) is 5. The first-order chi connectivity index (χ1) is 16.4. The number of aryl methyl sites for hydroxylation is 2. The van der Waals surface area contributed by atoms with E-state index in [4.69, 9.17) is 10.5 Å². The van der Waals surface area contributed by atoms with Gasteiger partial charge in [-0.2, -0.15) is 5.10 Å². The summed E-state index contributed by atoms with van der Waals surface area (Å²) < 4.78 is 39.0. The van der Waals surface area contributed by atoms with Gasteiger partial charge < -0.3 is 20.4 Å². The first kappa shape index (κ1) is 22.3. The van der Waals surface area contributed by atoms with Gasteiger partial charge in [-0.1, -0.05) is 5.92 Å². The molecule has 0 amide bonds. The highest BCUT2D eigenvalue weighted by Gasteiger charge is 2.28. The molecule has 0 radical (unpaired) electrons. The van der Waals surface area contributed by atoms with Crippen LogP contribution < -0.4 is 11.1 Å². The number of halogens is 2. The van der Waals surface area contributed by atoms with E-state index in [2.05, 4.69) is 32.2 Å². The average molecular weight is 466 g/mol. The molecule has 3 aromatic heterocycles. The first-order valence-corrected chi connectivity index (χ1v) is 11.1. The van der Waals surface area contributed by atoms with Crippen LogP contribution in [0.5, 0.6) is 0 Å². The van der Waals surface area contributed by atoms with Gasteiger partial charge in [0.15, 0.2) is 5.82 Å². The standard InChI is InChI=1S/C24H25F2N7O/c1-4-32-13(2)30-23-20(32)10-17(25)16(22(23)26)5-6-18-21-19(7-8-28-24(21)27)33(31-18)15-9-14(12-34-3)29-11-15/h7-8,10,14-15,29H,4,9,11-12H2,1-3H3,(H2,27,28)/t14-,15+/m1/s1. The lowest BCUT2D eigenvalue weighted by Crippen LogP contribution is -2.25. The van der Waals surface area contributed by atoms with Gasteiger partial charge >= 0.3 is 0 Å². The number of nitrogens with one attached hydrogen (secondary N) is 1. The van der Waals surface area contributed by atoms with Gasteiger partial charge in [0, 0.05) is 38.5 Å². The summed E-state index contributed by atoms with van der Waals surface area (Å²) in [6.45, 7) is 5.52. The number of rotatable bonds is 4. The Morgan fingerprint density at radius 3 is 2.88 bits per heavy atom. The third-order valence-corrected chi connectivity index (χ3v) is 6.31. The maximum absolute atomic E-state index is 15.2. The van der Waals surface area contributed by atoms with Gasteiger partial charge in [-0.05, 0) is 32.3 Å². The summed E-state index contributed by atoms with van der Waals surface area (Å²) in [6, 6.07) is 3.37. The number of nitrogens with two attached hydrogens (primary N) is 1. The number of anilines is 1. The Kier molecular flexibility index (Phi) is 5.67. The number of hydrogen-bond acceptors (Lipinski definition) is 6. The predicted molar refractivity (Wildman–Crippen MR) is 125 cm³/mol. The molecule has 176 valence electrons. The van der Waals surface area contributed by atoms with Crippen LogP contribution in [0.15, 0.2) is 18.3 Å². The maximum Gasteiger partial charge on any atom is 0.169 e. The topological polar surface area (TPSA) is 95.8 Å². The molecule has 1 saturated heterocycles. The van der Waals surface area contributed by atoms with E-state index in [0.29, 0.717) is 42.1 Å². The molecular weight excluding hydrogens is 440 g/mol. The smallest absolute Gasteiger partial charge is 0.169 e. The molecule has 0 saturated carbocycles. The summed E-state index contributed by atoms with van der Waals surface area (Å²) in [5.41, 5.74) is 7.41. The van der Waals surface area contributed by atoms with Crippen molar-refractivity contribution < 1.29 is 13.5 Å². The van der Waals surface area contributed by atoms with E-state index in [-0.39, 0.29) is 29.0 Å². The molecule has 1 aliphatic heterocycles. The van der Waals surface area contributed by atoms with Crippen LogP contribution >= 0.6 is 0 Å². The van der Waals surface area contributed by atoms with Crippen molar-refractivity contribution in [1.29, 1.82) is 0 Å². The molecule has 0 bridgehead atoms. The monoisotopic (exact) mass is 465 g/mol. The minimum Gasteiger partial charge on any atom is -0.383 e. The number of benzene rings is 1. The number of aromatic nitrogens is 5. The number of nitrogen functional groups attached to an aromatic ring is 1. The maximum atomic E-state index is 15.2. The molecule has 4 aromatic rings. The molecule has 5 rings (SSSR count). The van der Waals surface area contributed by atoms with Crippen LogP contribution in [0.3, 0.4) is 0 Å². The highest BCUT2D eigenvalue weighted by Crippen LogP contribution is 2.29. The molecule has 0 aliphatic carbocycles. The molecule has 34 heavy (non-hydrogen) atoms. The number of hydrogen-bond donors (Lipinski definition) is 2. The van der Waals surface area contributed by atoms with Gasteiger partial charge in [-0.25, -0.2) is 18.7 Å². The third-order valence-electron chi connectivity index (χ3n) is 6.31. The van der Waals surface area contributed by atoms with Gasteiger partial charge in [0.1, 0.15) is 28.7 Å². The Morgan fingerprint density at radius 2 is 2.12 bits per heavy atom. The number of methoxy groups -OCH3 is 1. The van der Waals surface area contributed by atoms with E-state index >= 15 is 4.39 Å². The van der Waals surface area contributed by atoms with Crippen LogP contribution in [0.25, 0.3) is 21.9 Å². The van der Waals surface area contributed by atoms with Crippen molar-refractivity contribution in [1.82, 2.24) is 29.6 Å². The average Bonchev–Trinajstić information content (AvgIpc) is 3.50. The largest absolute Gasteiger partial charge is 0.383 e. The van der Waals surface area contributed by atoms with Crippen LogP contribution in [-0.2, 0) is 11.3 Å². The van der Waals surface area contributed by atoms with Gasteiger partial charge in [0.05, 0.1) is 34.6 Å². The Bertz CT molecular complexity index is 1460. The summed E-state index contributed by atoms with van der Waals surface area (Å²) in [4.78, 5) is 8.43. The number of imidazole rings is 1. The number of pyridine rings is 1. The van der Waals surface area contributed by atoms with E-state index in [9.17, 15) is 4.39 Å². The SMILES string of the molecule is CCn1c(C)nc2c(F)c(C#Cc3nn([C@@H]4CN[C@@H](COC)C4)c4ccnc(N)c34)c(F)cc21. The Hall–Kier alpha value is -3.55. The zero-order valence-corrected chi connectivity index (χ0v) is 19.2. The molecule has 3 N–H and O–H groups in total. The minimum absolute atomic E-state index is 0.0609. The third kappa shape index (κ3) is 3.57. The van der Waals surface area contributed by atoms with Crippen molar-refractivity contribution >= 4 is 27.8 Å². The second-order valence-corrected chi connectivity index (χ2v) is 8.40. The fourth-order valence-electron chi connectivity index (χ4n) is 4.73. The molecule has 2 atom stereocenters. The molecule has 0 spiro atoms. The van der Waals surface area contributed by atoms with Crippen LogP contribution in [-0.4, -0.2) is 50.6 Å². The summed E-state index contributed by atoms with van der Waals surface area (Å²) in [5.74, 6) is 4.84. The normalized spacial score (nSPS) is 18.0. The van der Waals surface area contributed by atoms with Crippen molar-refractivity contribution in [3.63, 3.8) is 0 Å². The highest BCUT2D eigenvalue weighted by molar-refractivity contribution is 5.93. The molecule has 8 nitrogen and oxygen atoms in total. The van der Waals surface area contributed by atoms with Crippen molar-refractivity contribution in [2.24, 2.45) is 0 Å². The fraction of sp³-hybridized carbons (Fsp3) is 0.375. The van der Waals surface area contributed by atoms with Crippen LogP contribution in [0.1, 0.15) is 36.5 Å². The molecule has 0 unspecified atom stereocenters. The molecular formula is C24H25F2N7O. The van der Waals surface area contributed by atoms with E-state index in [0.717, 1.165) is 11.9 Å². The Morgan fingerprint density at radius 1 is 1.29 bits per heavy atom. The van der Waals surface area contributed by atoms with Crippen molar-refractivity contribution in [2.45, 2.75) is 38.9 Å². The van der Waals surface area contributed by atoms with Gasteiger partial charge in [-0.15, -0.1) is 0 Å². The summed E-state index contributed by atoms with van der Waals surface area (Å²) in [6.07, 6.45) is 2.43. The number of fused-ring (bicyclic) bond motifs is 2. The van der Waals surface area contributed by atoms with Gasteiger partial charge in [0.2, 0.25) is 0 Å². The summed E-state index contributed by atoms with van der Waals surface area (Å²) >= 11 is 0. The molecule has 1 aliphatic rings. The van der Waals surface area contributed by atoms with E-state index in [1.807, 2.05) is 17.7 Å². The van der Waals surface area contributed by atoms with Crippen molar-refractivity contribution in [3.8, 4) is 11.8 Å². The second kappa shape index (κ2) is 8.66. The molecule has 1 fully saturated rings. The lowest BCUT2D eigenvalue weighted by Gasteiger charge is -2.11. The van der Waals surface area contributed by atoms with Crippen LogP contribution in [0.2, 0.25) is 0 Å². The van der Waals surface area contributed by atoms with Crippen molar-refractivity contribution in [2.75, 3.05) is 26.0 Å². The Balaban J connectivity index is 1.60. The van der Waals surface area contributed by atoms with Crippen LogP contribution in [0, 0.1) is 30.4 Å². The zero-order chi connectivity index (χ0) is 24.0. The van der Waals surface area contributed by atoms with Crippen LogP contribution in [0.4, 0.5) is 14.6 Å². The fourth-order valence-corrected chi connectivity index (χ4v) is 4.73. The number of ether oxygens (including phenoxy) is 1. The second-order valence-electron chi connectivity index (χ2n) is 8.40. The summed E-state index contributed by atoms with van der Waals surface area (Å²) in [7, 11) is 1.67. The molecule has 4 heterocycles. The van der Waals surface area contributed by atoms with Gasteiger partial charge in [-0.3, -0.25) is 4.68 Å². The molecule has 1 aromatic carbocycles. The lowest BCUT2D eigenvalue weighted by atomic mass is 10.1. The Labute approximate surface area is 195 Å². The van der Waals surface area contributed by atoms with Crippen molar-refractivity contribution in [3.05, 3.63) is 47.0 Å². The van der Waals surface area contributed by atoms with E-state index in [1.54, 1.807) is 24.8 Å². The minimum atomic E-state index is -0.782. The van der Waals surface area contributed by atoms with E-state index < -0.39 is 11.6 Å². The van der Waals surface area contributed by atoms with Gasteiger partial charge in [0.25, 0.3) is 0 Å². The summed E-state index contributed by atoms with van der Waals surface area (Å²) in [5, 5.41) is 8.66. The molecule has 10 heteroatoms. The highest BCUT2D eigenvalue weighted by atomic mass is 19.1. The van der Waals surface area contributed by atoms with E-state index in [1.165, 1.54) is 6.07 Å².